The van der Waals surface area contributed by atoms with E-state index in [9.17, 15) is 4.39 Å². The van der Waals surface area contributed by atoms with E-state index >= 15 is 0 Å². The monoisotopic (exact) mass is 323 g/mol. The zero-order valence-corrected chi connectivity index (χ0v) is 13.0. The normalized spacial score (nSPS) is 27.2. The molecule has 0 bridgehead atoms. The summed E-state index contributed by atoms with van der Waals surface area (Å²) in [7, 11) is 0. The van der Waals surface area contributed by atoms with Gasteiger partial charge in [0.2, 0.25) is 11.7 Å². The highest BCUT2D eigenvalue weighted by Gasteiger charge is 2.38. The molecule has 3 atom stereocenters. The van der Waals surface area contributed by atoms with E-state index in [1.807, 2.05) is 0 Å². The van der Waals surface area contributed by atoms with E-state index in [2.05, 4.69) is 15.5 Å². The Morgan fingerprint density at radius 2 is 2.00 bits per heavy atom. The Balaban J connectivity index is 0.00000144. The topological polar surface area (TPSA) is 51.0 Å². The maximum Gasteiger partial charge on any atom is 0.244 e. The van der Waals surface area contributed by atoms with Crippen LogP contribution in [0.3, 0.4) is 0 Å². The average Bonchev–Trinajstić information content (AvgIpc) is 3.14. The highest BCUT2D eigenvalue weighted by molar-refractivity contribution is 5.85. The third-order valence-electron chi connectivity index (χ3n) is 4.72. The van der Waals surface area contributed by atoms with Crippen molar-refractivity contribution in [2.24, 2.45) is 5.92 Å². The molecule has 1 N–H and O–H groups in total. The van der Waals surface area contributed by atoms with Gasteiger partial charge in [0.15, 0.2) is 0 Å². The third kappa shape index (κ3) is 2.75. The first-order chi connectivity index (χ1) is 10.3. The molecular weight excluding hydrogens is 305 g/mol. The van der Waals surface area contributed by atoms with Crippen LogP contribution in [0.15, 0.2) is 28.8 Å². The molecule has 2 aliphatic rings. The van der Waals surface area contributed by atoms with Crippen LogP contribution in [0.5, 0.6) is 0 Å². The van der Waals surface area contributed by atoms with Crippen LogP contribution in [-0.2, 0) is 0 Å². The fraction of sp³-hybridized carbons (Fsp3) is 0.500. The summed E-state index contributed by atoms with van der Waals surface area (Å²) in [6, 6.07) is 7.21. The minimum Gasteiger partial charge on any atom is -0.337 e. The fourth-order valence-electron chi connectivity index (χ4n) is 3.64. The van der Waals surface area contributed by atoms with Gasteiger partial charge in [-0.1, -0.05) is 30.1 Å². The van der Waals surface area contributed by atoms with Crippen molar-refractivity contribution in [1.29, 1.82) is 0 Å². The maximum absolute atomic E-state index is 13.8. The molecule has 0 amide bonds. The van der Waals surface area contributed by atoms with Crippen LogP contribution >= 0.6 is 12.4 Å². The van der Waals surface area contributed by atoms with Crippen molar-refractivity contribution in [2.45, 2.75) is 44.2 Å². The van der Waals surface area contributed by atoms with Gasteiger partial charge in [-0.2, -0.15) is 4.98 Å². The summed E-state index contributed by atoms with van der Waals surface area (Å²) in [5, 5.41) is 7.54. The van der Waals surface area contributed by atoms with Crippen molar-refractivity contribution < 1.29 is 8.91 Å². The van der Waals surface area contributed by atoms with Crippen LogP contribution < -0.4 is 5.32 Å². The number of halogens is 2. The van der Waals surface area contributed by atoms with E-state index in [0.29, 0.717) is 29.2 Å². The molecule has 1 aromatic carbocycles. The smallest absolute Gasteiger partial charge is 0.244 e. The van der Waals surface area contributed by atoms with Crippen LogP contribution in [0, 0.1) is 11.7 Å². The molecule has 2 heterocycles. The standard InChI is InChI=1S/C16H18FN3O.ClH/c17-12-7-3-2-6-11(12)15-19-16(21-20-15)14-9-10-5-1-4-8-13(10)18-14;/h2-3,6-7,10,13-14,18H,1,4-5,8-9H2;1H. The predicted molar refractivity (Wildman–Crippen MR) is 83.2 cm³/mol. The third-order valence-corrected chi connectivity index (χ3v) is 4.72. The van der Waals surface area contributed by atoms with Gasteiger partial charge in [-0.3, -0.25) is 0 Å². The van der Waals surface area contributed by atoms with Crippen LogP contribution in [-0.4, -0.2) is 16.2 Å². The Hall–Kier alpha value is -1.46. The minimum absolute atomic E-state index is 0. The van der Waals surface area contributed by atoms with E-state index in [-0.39, 0.29) is 24.3 Å². The lowest BCUT2D eigenvalue weighted by Gasteiger charge is -2.24. The first-order valence-electron chi connectivity index (χ1n) is 7.66. The molecule has 6 heteroatoms. The lowest BCUT2D eigenvalue weighted by atomic mass is 9.85. The number of nitrogens with one attached hydrogen (secondary N) is 1. The largest absolute Gasteiger partial charge is 0.337 e. The van der Waals surface area contributed by atoms with E-state index < -0.39 is 0 Å². The molecule has 0 radical (unpaired) electrons. The van der Waals surface area contributed by atoms with E-state index in [1.165, 1.54) is 31.7 Å². The van der Waals surface area contributed by atoms with Gasteiger partial charge < -0.3 is 9.84 Å². The summed E-state index contributed by atoms with van der Waals surface area (Å²) in [5.74, 6) is 1.31. The Morgan fingerprint density at radius 3 is 2.82 bits per heavy atom. The van der Waals surface area contributed by atoms with Crippen molar-refractivity contribution in [3.05, 3.63) is 36.0 Å². The molecule has 1 aromatic heterocycles. The highest BCUT2D eigenvalue weighted by Crippen LogP contribution is 2.38. The number of aromatic nitrogens is 2. The molecule has 4 nitrogen and oxygen atoms in total. The second kappa shape index (κ2) is 6.34. The number of nitrogens with zero attached hydrogens (tertiary/aromatic N) is 2. The van der Waals surface area contributed by atoms with Crippen LogP contribution in [0.4, 0.5) is 4.39 Å². The van der Waals surface area contributed by atoms with E-state index in [1.54, 1.807) is 18.2 Å². The van der Waals surface area contributed by atoms with Gasteiger partial charge in [0.25, 0.3) is 0 Å². The van der Waals surface area contributed by atoms with Gasteiger partial charge in [-0.05, 0) is 37.3 Å². The van der Waals surface area contributed by atoms with Gasteiger partial charge in [-0.15, -0.1) is 12.4 Å². The predicted octanol–water partition coefficient (Wildman–Crippen LogP) is 3.89. The number of benzene rings is 1. The molecule has 3 unspecified atom stereocenters. The highest BCUT2D eigenvalue weighted by atomic mass is 35.5. The van der Waals surface area contributed by atoms with Crippen molar-refractivity contribution in [3.63, 3.8) is 0 Å². The van der Waals surface area contributed by atoms with Crippen LogP contribution in [0.25, 0.3) is 11.4 Å². The number of fused-ring (bicyclic) bond motifs is 1. The Labute approximate surface area is 134 Å². The zero-order chi connectivity index (χ0) is 14.2. The van der Waals surface area contributed by atoms with E-state index in [0.717, 1.165) is 6.42 Å². The average molecular weight is 324 g/mol. The quantitative estimate of drug-likeness (QED) is 0.911. The molecule has 1 aliphatic carbocycles. The summed E-state index contributed by atoms with van der Waals surface area (Å²) in [4.78, 5) is 4.40. The van der Waals surface area contributed by atoms with Crippen molar-refractivity contribution in [1.82, 2.24) is 15.5 Å². The molecule has 4 rings (SSSR count). The van der Waals surface area contributed by atoms with Crippen LogP contribution in [0.1, 0.15) is 44.0 Å². The second-order valence-electron chi connectivity index (χ2n) is 6.04. The zero-order valence-electron chi connectivity index (χ0n) is 12.2. The van der Waals surface area contributed by atoms with Crippen LogP contribution in [0.2, 0.25) is 0 Å². The molecule has 0 spiro atoms. The molecule has 2 aromatic rings. The maximum atomic E-state index is 13.8. The molecular formula is C16H19ClFN3O. The van der Waals surface area contributed by atoms with Crippen molar-refractivity contribution in [2.75, 3.05) is 0 Å². The Morgan fingerprint density at radius 1 is 1.18 bits per heavy atom. The minimum atomic E-state index is -0.321. The summed E-state index contributed by atoms with van der Waals surface area (Å²) in [5.41, 5.74) is 0.392. The Kier molecular flexibility index (Phi) is 4.45. The molecule has 1 saturated carbocycles. The summed E-state index contributed by atoms with van der Waals surface area (Å²) < 4.78 is 19.1. The van der Waals surface area contributed by atoms with Gasteiger partial charge in [0.05, 0.1) is 11.6 Å². The SMILES string of the molecule is Cl.Fc1ccccc1-c1noc(C2CC3CCCCC3N2)n1. The summed E-state index contributed by atoms with van der Waals surface area (Å²) in [6.45, 7) is 0. The first-order valence-corrected chi connectivity index (χ1v) is 7.66. The second-order valence-corrected chi connectivity index (χ2v) is 6.04. The number of hydrogen-bond acceptors (Lipinski definition) is 4. The Bertz CT molecular complexity index is 634. The van der Waals surface area contributed by atoms with Gasteiger partial charge in [-0.25, -0.2) is 4.39 Å². The van der Waals surface area contributed by atoms with Gasteiger partial charge >= 0.3 is 0 Å². The molecule has 2 fully saturated rings. The molecule has 118 valence electrons. The van der Waals surface area contributed by atoms with Gasteiger partial charge in [0, 0.05) is 6.04 Å². The lowest BCUT2D eigenvalue weighted by molar-refractivity contribution is 0.324. The number of rotatable bonds is 2. The molecule has 1 aliphatic heterocycles. The first kappa shape index (κ1) is 15.4. The lowest BCUT2D eigenvalue weighted by Crippen LogP contribution is -2.30. The van der Waals surface area contributed by atoms with Gasteiger partial charge in [0.1, 0.15) is 5.82 Å². The fourth-order valence-corrected chi connectivity index (χ4v) is 3.64. The van der Waals surface area contributed by atoms with E-state index in [4.69, 9.17) is 4.52 Å². The van der Waals surface area contributed by atoms with Crippen molar-refractivity contribution >= 4 is 12.4 Å². The summed E-state index contributed by atoms with van der Waals surface area (Å²) in [6.07, 6.45) is 6.17. The summed E-state index contributed by atoms with van der Waals surface area (Å²) >= 11 is 0. The molecule has 1 saturated heterocycles. The number of hydrogen-bond donors (Lipinski definition) is 1. The molecule has 22 heavy (non-hydrogen) atoms. The van der Waals surface area contributed by atoms with Crippen molar-refractivity contribution in [3.8, 4) is 11.4 Å².